The Kier molecular flexibility index (Phi) is 6.33. The molecule has 0 aromatic heterocycles. The van der Waals surface area contributed by atoms with E-state index in [1.165, 1.54) is 16.7 Å². The second-order valence-corrected chi connectivity index (χ2v) is 7.72. The quantitative estimate of drug-likeness (QED) is 0.730. The van der Waals surface area contributed by atoms with Gasteiger partial charge in [-0.05, 0) is 25.0 Å². The molecule has 0 saturated heterocycles. The van der Waals surface area contributed by atoms with Crippen LogP contribution in [-0.2, 0) is 23.1 Å². The van der Waals surface area contributed by atoms with Gasteiger partial charge in [0.2, 0.25) is 10.0 Å². The van der Waals surface area contributed by atoms with Gasteiger partial charge in [-0.15, -0.1) is 0 Å². The molecule has 5 heteroatoms. The van der Waals surface area contributed by atoms with E-state index >= 15 is 0 Å². The van der Waals surface area contributed by atoms with Gasteiger partial charge in [-0.2, -0.15) is 0 Å². The molecular weight excluding hydrogens is 308 g/mol. The summed E-state index contributed by atoms with van der Waals surface area (Å²) in [6.45, 7) is 5.57. The van der Waals surface area contributed by atoms with Crippen molar-refractivity contribution in [2.75, 3.05) is 12.3 Å². The molecule has 0 amide bonds. The summed E-state index contributed by atoms with van der Waals surface area (Å²) in [6, 6.07) is 15.9. The Hall–Kier alpha value is -1.69. The van der Waals surface area contributed by atoms with Gasteiger partial charge in [0.15, 0.2) is 0 Å². The van der Waals surface area contributed by atoms with Crippen molar-refractivity contribution in [3.8, 4) is 0 Å². The minimum absolute atomic E-state index is 0.0740. The zero-order chi connectivity index (χ0) is 16.7. The Morgan fingerprint density at radius 3 is 2.17 bits per heavy atom. The molecule has 0 aliphatic heterocycles. The van der Waals surface area contributed by atoms with Crippen LogP contribution in [0.5, 0.6) is 0 Å². The van der Waals surface area contributed by atoms with Crippen molar-refractivity contribution >= 4 is 10.0 Å². The number of aryl methyl sites for hydroxylation is 2. The Morgan fingerprint density at radius 1 is 0.870 bits per heavy atom. The van der Waals surface area contributed by atoms with E-state index in [1.54, 1.807) is 0 Å². The van der Waals surface area contributed by atoms with Crippen LogP contribution >= 0.6 is 0 Å². The predicted octanol–water partition coefficient (Wildman–Crippen LogP) is 2.51. The second kappa shape index (κ2) is 8.24. The normalized spacial score (nSPS) is 11.6. The maximum Gasteiger partial charge on any atom is 0.213 e. The molecule has 0 aliphatic rings. The van der Waals surface area contributed by atoms with Gasteiger partial charge < -0.3 is 5.32 Å². The minimum Gasteiger partial charge on any atom is -0.312 e. The van der Waals surface area contributed by atoms with E-state index in [1.807, 2.05) is 30.3 Å². The van der Waals surface area contributed by atoms with E-state index in [2.05, 4.69) is 42.1 Å². The van der Waals surface area contributed by atoms with Crippen molar-refractivity contribution < 1.29 is 8.42 Å². The van der Waals surface area contributed by atoms with Gasteiger partial charge in [0.1, 0.15) is 0 Å². The number of hydrogen-bond acceptors (Lipinski definition) is 3. The summed E-state index contributed by atoms with van der Waals surface area (Å²) in [5.74, 6) is 0.0740. The van der Waals surface area contributed by atoms with Crippen molar-refractivity contribution in [3.63, 3.8) is 0 Å². The van der Waals surface area contributed by atoms with Crippen LogP contribution in [0.15, 0.2) is 48.5 Å². The molecule has 0 saturated carbocycles. The first-order chi connectivity index (χ1) is 10.9. The molecule has 0 heterocycles. The van der Waals surface area contributed by atoms with E-state index in [4.69, 9.17) is 0 Å². The average molecular weight is 332 g/mol. The third kappa shape index (κ3) is 6.52. The average Bonchev–Trinajstić information content (AvgIpc) is 2.50. The Morgan fingerprint density at radius 2 is 1.52 bits per heavy atom. The zero-order valence-electron chi connectivity index (χ0n) is 13.7. The molecule has 124 valence electrons. The highest BCUT2D eigenvalue weighted by Gasteiger charge is 2.09. The summed E-state index contributed by atoms with van der Waals surface area (Å²) in [4.78, 5) is 0. The first kappa shape index (κ1) is 17.7. The number of nitrogens with one attached hydrogen (secondary N) is 2. The topological polar surface area (TPSA) is 58.2 Å². The van der Waals surface area contributed by atoms with Crippen molar-refractivity contribution in [1.82, 2.24) is 10.0 Å². The molecule has 0 aliphatic carbocycles. The number of sulfonamides is 1. The van der Waals surface area contributed by atoms with E-state index in [0.29, 0.717) is 19.6 Å². The molecule has 4 nitrogen and oxygen atoms in total. The van der Waals surface area contributed by atoms with Crippen molar-refractivity contribution in [1.29, 1.82) is 0 Å². The second-order valence-electron chi connectivity index (χ2n) is 5.80. The van der Waals surface area contributed by atoms with Crippen LogP contribution in [0.25, 0.3) is 0 Å². The monoisotopic (exact) mass is 332 g/mol. The maximum atomic E-state index is 12.0. The summed E-state index contributed by atoms with van der Waals surface area (Å²) in [6.07, 6.45) is 0. The smallest absolute Gasteiger partial charge is 0.213 e. The SMILES string of the molecule is Cc1cc(C)cc(CNCCS(=O)(=O)NCc2ccccc2)c1. The van der Waals surface area contributed by atoms with Gasteiger partial charge in [0, 0.05) is 19.6 Å². The lowest BCUT2D eigenvalue weighted by atomic mass is 10.1. The standard InChI is InChI=1S/C18H24N2O2S/c1-15-10-16(2)12-18(11-15)13-19-8-9-23(21,22)20-14-17-6-4-3-5-7-17/h3-7,10-12,19-20H,8-9,13-14H2,1-2H3. The van der Waals surface area contributed by atoms with Crippen LogP contribution in [0.2, 0.25) is 0 Å². The van der Waals surface area contributed by atoms with Crippen molar-refractivity contribution in [2.24, 2.45) is 0 Å². The van der Waals surface area contributed by atoms with Crippen molar-refractivity contribution in [2.45, 2.75) is 26.9 Å². The third-order valence-corrected chi connectivity index (χ3v) is 4.82. The zero-order valence-corrected chi connectivity index (χ0v) is 14.5. The minimum atomic E-state index is -3.26. The van der Waals surface area contributed by atoms with E-state index in [0.717, 1.165) is 5.56 Å². The summed E-state index contributed by atoms with van der Waals surface area (Å²) in [5, 5.41) is 3.19. The Bertz CT molecular complexity index is 708. The molecule has 2 aromatic carbocycles. The number of rotatable bonds is 8. The Balaban J connectivity index is 1.74. The summed E-state index contributed by atoms with van der Waals surface area (Å²) in [7, 11) is -3.26. The molecule has 23 heavy (non-hydrogen) atoms. The summed E-state index contributed by atoms with van der Waals surface area (Å²) < 4.78 is 26.6. The highest BCUT2D eigenvalue weighted by Crippen LogP contribution is 2.08. The Labute approximate surface area is 139 Å². The summed E-state index contributed by atoms with van der Waals surface area (Å²) >= 11 is 0. The van der Waals surface area contributed by atoms with Crippen LogP contribution in [-0.4, -0.2) is 20.7 Å². The fourth-order valence-electron chi connectivity index (χ4n) is 2.47. The van der Waals surface area contributed by atoms with Crippen LogP contribution < -0.4 is 10.0 Å². The highest BCUT2D eigenvalue weighted by molar-refractivity contribution is 7.89. The summed E-state index contributed by atoms with van der Waals surface area (Å²) in [5.41, 5.74) is 4.58. The van der Waals surface area contributed by atoms with Crippen molar-refractivity contribution in [3.05, 3.63) is 70.8 Å². The molecule has 0 unspecified atom stereocenters. The molecule has 0 fully saturated rings. The largest absolute Gasteiger partial charge is 0.312 e. The first-order valence-corrected chi connectivity index (χ1v) is 9.39. The molecule has 0 spiro atoms. The van der Waals surface area contributed by atoms with Gasteiger partial charge in [0.25, 0.3) is 0 Å². The van der Waals surface area contributed by atoms with Crippen LogP contribution in [0.4, 0.5) is 0 Å². The van der Waals surface area contributed by atoms with Gasteiger partial charge in [-0.3, -0.25) is 0 Å². The number of hydrogen-bond donors (Lipinski definition) is 2. The lowest BCUT2D eigenvalue weighted by Crippen LogP contribution is -2.31. The molecule has 0 bridgehead atoms. The predicted molar refractivity (Wildman–Crippen MR) is 94.7 cm³/mol. The third-order valence-electron chi connectivity index (χ3n) is 3.50. The van der Waals surface area contributed by atoms with Gasteiger partial charge in [-0.25, -0.2) is 13.1 Å². The molecule has 0 radical (unpaired) electrons. The van der Waals surface area contributed by atoms with E-state index in [9.17, 15) is 8.42 Å². The fraction of sp³-hybridized carbons (Fsp3) is 0.333. The van der Waals surface area contributed by atoms with Crippen LogP contribution in [0, 0.1) is 13.8 Å². The first-order valence-electron chi connectivity index (χ1n) is 7.74. The fourth-order valence-corrected chi connectivity index (χ4v) is 3.42. The molecule has 2 N–H and O–H groups in total. The van der Waals surface area contributed by atoms with E-state index in [-0.39, 0.29) is 5.75 Å². The van der Waals surface area contributed by atoms with E-state index < -0.39 is 10.0 Å². The molecule has 2 aromatic rings. The van der Waals surface area contributed by atoms with Gasteiger partial charge in [-0.1, -0.05) is 59.7 Å². The highest BCUT2D eigenvalue weighted by atomic mass is 32.2. The lowest BCUT2D eigenvalue weighted by molar-refractivity contribution is 0.576. The van der Waals surface area contributed by atoms with Crippen LogP contribution in [0.1, 0.15) is 22.3 Å². The van der Waals surface area contributed by atoms with Gasteiger partial charge in [0.05, 0.1) is 5.75 Å². The lowest BCUT2D eigenvalue weighted by Gasteiger charge is -2.09. The molecular formula is C18H24N2O2S. The molecule has 0 atom stereocenters. The maximum absolute atomic E-state index is 12.0. The molecule has 2 rings (SSSR count). The number of benzene rings is 2. The van der Waals surface area contributed by atoms with Crippen LogP contribution in [0.3, 0.4) is 0 Å². The van der Waals surface area contributed by atoms with Gasteiger partial charge >= 0.3 is 0 Å².